The Labute approximate surface area is 181 Å². The van der Waals surface area contributed by atoms with Crippen LogP contribution in [0.1, 0.15) is 43.1 Å². The Morgan fingerprint density at radius 1 is 1.26 bits per heavy atom. The minimum Gasteiger partial charge on any atom is -0.357 e. The zero-order valence-electron chi connectivity index (χ0n) is 17.4. The summed E-state index contributed by atoms with van der Waals surface area (Å²) in [4.78, 5) is 21.0. The van der Waals surface area contributed by atoms with Crippen LogP contribution in [-0.2, 0) is 6.42 Å². The second-order valence-corrected chi connectivity index (χ2v) is 7.74. The van der Waals surface area contributed by atoms with Gasteiger partial charge in [0, 0.05) is 45.8 Å². The van der Waals surface area contributed by atoms with Gasteiger partial charge >= 0.3 is 0 Å². The normalized spacial score (nSPS) is 20.0. The molecule has 1 aromatic carbocycles. The van der Waals surface area contributed by atoms with Gasteiger partial charge in [0.15, 0.2) is 5.96 Å². The highest BCUT2D eigenvalue weighted by atomic mass is 127. The number of likely N-dealkylation sites (tertiary alicyclic amines) is 1. The van der Waals surface area contributed by atoms with E-state index in [1.54, 1.807) is 19.0 Å². The molecular weight excluding hydrogens is 451 g/mol. The number of rotatable bonds is 5. The number of aliphatic imine (C=N–C) groups is 1. The third-order valence-electron chi connectivity index (χ3n) is 4.75. The summed E-state index contributed by atoms with van der Waals surface area (Å²) in [6.07, 6.45) is 2.13. The van der Waals surface area contributed by atoms with E-state index in [9.17, 15) is 4.79 Å². The molecule has 1 aromatic rings. The van der Waals surface area contributed by atoms with Crippen molar-refractivity contribution in [2.75, 3.05) is 40.3 Å². The average Bonchev–Trinajstić information content (AvgIpc) is 2.59. The summed E-state index contributed by atoms with van der Waals surface area (Å²) in [6, 6.07) is 7.88. The number of carbonyl (C=O) groups is 1. The maximum atomic E-state index is 12.1. The fourth-order valence-corrected chi connectivity index (χ4v) is 3.67. The number of nitrogens with zero attached hydrogens (tertiary/aromatic N) is 3. The monoisotopic (exact) mass is 486 g/mol. The molecule has 0 spiro atoms. The van der Waals surface area contributed by atoms with Crippen molar-refractivity contribution in [1.29, 1.82) is 0 Å². The van der Waals surface area contributed by atoms with Crippen LogP contribution in [-0.4, -0.2) is 61.9 Å². The van der Waals surface area contributed by atoms with Crippen LogP contribution >= 0.6 is 24.0 Å². The molecule has 1 fully saturated rings. The topological polar surface area (TPSA) is 47.9 Å². The van der Waals surface area contributed by atoms with Gasteiger partial charge in [0.05, 0.1) is 0 Å². The van der Waals surface area contributed by atoms with Gasteiger partial charge < -0.3 is 15.1 Å². The summed E-state index contributed by atoms with van der Waals surface area (Å²) in [5.41, 5.74) is 1.89. The predicted octanol–water partition coefficient (Wildman–Crippen LogP) is 3.49. The molecule has 2 unspecified atom stereocenters. The van der Waals surface area contributed by atoms with Crippen LogP contribution in [0.25, 0.3) is 0 Å². The molecule has 0 aromatic heterocycles. The van der Waals surface area contributed by atoms with E-state index in [1.807, 2.05) is 18.2 Å². The second kappa shape index (κ2) is 11.5. The number of guanidine groups is 1. The van der Waals surface area contributed by atoms with Gasteiger partial charge in [-0.25, -0.2) is 0 Å². The number of benzene rings is 1. The van der Waals surface area contributed by atoms with Crippen molar-refractivity contribution in [2.45, 2.75) is 33.6 Å². The molecule has 1 aliphatic heterocycles. The summed E-state index contributed by atoms with van der Waals surface area (Å²) < 4.78 is 0. The lowest BCUT2D eigenvalue weighted by Gasteiger charge is -2.37. The molecule has 1 N–H and O–H groups in total. The Morgan fingerprint density at radius 2 is 1.93 bits per heavy atom. The number of hydrogen-bond donors (Lipinski definition) is 1. The molecular formula is C21H35IN4O. The van der Waals surface area contributed by atoms with Crippen molar-refractivity contribution in [3.05, 3.63) is 35.4 Å². The standard InChI is InChI=1S/C21H34N4O.HI/c1-6-22-21(25-14-16(2)12-17(3)15-25)23-11-10-18-8-7-9-19(13-18)20(26)24(4)5;/h7-9,13,16-17H,6,10-12,14-15H2,1-5H3,(H,22,23);1H. The van der Waals surface area contributed by atoms with Crippen molar-refractivity contribution in [2.24, 2.45) is 16.8 Å². The number of nitrogens with one attached hydrogen (secondary N) is 1. The first kappa shape index (κ1) is 23.7. The molecule has 6 heteroatoms. The van der Waals surface area contributed by atoms with Gasteiger partial charge in [-0.05, 0) is 49.3 Å². The van der Waals surface area contributed by atoms with Gasteiger partial charge in [0.2, 0.25) is 0 Å². The lowest BCUT2D eigenvalue weighted by molar-refractivity contribution is 0.0827. The highest BCUT2D eigenvalue weighted by Gasteiger charge is 2.23. The van der Waals surface area contributed by atoms with Crippen LogP contribution in [0.5, 0.6) is 0 Å². The molecule has 2 rings (SSSR count). The summed E-state index contributed by atoms with van der Waals surface area (Å²) in [5, 5.41) is 3.44. The van der Waals surface area contributed by atoms with E-state index in [0.717, 1.165) is 49.7 Å². The van der Waals surface area contributed by atoms with Gasteiger partial charge in [-0.1, -0.05) is 26.0 Å². The number of amides is 1. The van der Waals surface area contributed by atoms with E-state index in [1.165, 1.54) is 6.42 Å². The van der Waals surface area contributed by atoms with Gasteiger partial charge in [-0.3, -0.25) is 9.79 Å². The molecule has 5 nitrogen and oxygen atoms in total. The van der Waals surface area contributed by atoms with Crippen molar-refractivity contribution in [1.82, 2.24) is 15.1 Å². The molecule has 152 valence electrons. The van der Waals surface area contributed by atoms with E-state index >= 15 is 0 Å². The number of halogens is 1. The molecule has 1 amide bonds. The molecule has 1 saturated heterocycles. The molecule has 0 aliphatic carbocycles. The zero-order valence-corrected chi connectivity index (χ0v) is 19.7. The number of hydrogen-bond acceptors (Lipinski definition) is 2. The fraction of sp³-hybridized carbons (Fsp3) is 0.619. The lowest BCUT2D eigenvalue weighted by Crippen LogP contribution is -2.48. The average molecular weight is 486 g/mol. The first-order valence-electron chi connectivity index (χ1n) is 9.74. The summed E-state index contributed by atoms with van der Waals surface area (Å²) in [7, 11) is 3.56. The van der Waals surface area contributed by atoms with E-state index < -0.39 is 0 Å². The first-order valence-corrected chi connectivity index (χ1v) is 9.74. The molecule has 0 bridgehead atoms. The Bertz CT molecular complexity index is 622. The van der Waals surface area contributed by atoms with Crippen LogP contribution in [0.15, 0.2) is 29.3 Å². The fourth-order valence-electron chi connectivity index (χ4n) is 3.67. The SMILES string of the molecule is CCNC(=NCCc1cccc(C(=O)N(C)C)c1)N1CC(C)CC(C)C1.I. The molecule has 27 heavy (non-hydrogen) atoms. The van der Waals surface area contributed by atoms with Crippen LogP contribution in [0.4, 0.5) is 0 Å². The van der Waals surface area contributed by atoms with Gasteiger partial charge in [0.25, 0.3) is 5.91 Å². The van der Waals surface area contributed by atoms with Crippen LogP contribution < -0.4 is 5.32 Å². The smallest absolute Gasteiger partial charge is 0.253 e. The Balaban J connectivity index is 0.00000364. The minimum atomic E-state index is 0. The van der Waals surface area contributed by atoms with E-state index in [0.29, 0.717) is 11.8 Å². The molecule has 1 aliphatic rings. The number of piperidine rings is 1. The minimum absolute atomic E-state index is 0. The highest BCUT2D eigenvalue weighted by molar-refractivity contribution is 14.0. The maximum absolute atomic E-state index is 12.1. The van der Waals surface area contributed by atoms with E-state index in [4.69, 9.17) is 4.99 Å². The third-order valence-corrected chi connectivity index (χ3v) is 4.75. The van der Waals surface area contributed by atoms with E-state index in [-0.39, 0.29) is 29.9 Å². The largest absolute Gasteiger partial charge is 0.357 e. The third kappa shape index (κ3) is 7.31. The van der Waals surface area contributed by atoms with Gasteiger partial charge in [0.1, 0.15) is 0 Å². The zero-order chi connectivity index (χ0) is 19.1. The van der Waals surface area contributed by atoms with Crippen LogP contribution in [0, 0.1) is 11.8 Å². The summed E-state index contributed by atoms with van der Waals surface area (Å²) in [5.74, 6) is 2.47. The highest BCUT2D eigenvalue weighted by Crippen LogP contribution is 2.21. The summed E-state index contributed by atoms with van der Waals surface area (Å²) >= 11 is 0. The quantitative estimate of drug-likeness (QED) is 0.394. The summed E-state index contributed by atoms with van der Waals surface area (Å²) in [6.45, 7) is 10.5. The number of carbonyl (C=O) groups excluding carboxylic acids is 1. The Morgan fingerprint density at radius 3 is 2.52 bits per heavy atom. The second-order valence-electron chi connectivity index (χ2n) is 7.74. The van der Waals surface area contributed by atoms with Crippen molar-refractivity contribution in [3.8, 4) is 0 Å². The van der Waals surface area contributed by atoms with E-state index in [2.05, 4.69) is 37.1 Å². The first-order chi connectivity index (χ1) is 12.4. The maximum Gasteiger partial charge on any atom is 0.253 e. The van der Waals surface area contributed by atoms with Crippen LogP contribution in [0.2, 0.25) is 0 Å². The van der Waals surface area contributed by atoms with Crippen molar-refractivity contribution < 1.29 is 4.79 Å². The molecule has 1 heterocycles. The van der Waals surface area contributed by atoms with Crippen molar-refractivity contribution >= 4 is 35.8 Å². The molecule has 0 saturated carbocycles. The lowest BCUT2D eigenvalue weighted by atomic mass is 9.92. The Kier molecular flexibility index (Phi) is 10.1. The van der Waals surface area contributed by atoms with Gasteiger partial charge in [-0.2, -0.15) is 0 Å². The molecule has 2 atom stereocenters. The van der Waals surface area contributed by atoms with Crippen LogP contribution in [0.3, 0.4) is 0 Å². The van der Waals surface area contributed by atoms with Crippen molar-refractivity contribution in [3.63, 3.8) is 0 Å². The predicted molar refractivity (Wildman–Crippen MR) is 124 cm³/mol. The van der Waals surface area contributed by atoms with Gasteiger partial charge in [-0.15, -0.1) is 24.0 Å². The Hall–Kier alpha value is -1.31. The molecule has 0 radical (unpaired) electrons.